The molecule has 392 valence electrons. The predicted octanol–water partition coefficient (Wildman–Crippen LogP) is 3.50. The third kappa shape index (κ3) is 27.4. The Bertz CT molecular complexity index is 1550. The van der Waals surface area contributed by atoms with E-state index in [4.69, 9.17) is 9.47 Å². The van der Waals surface area contributed by atoms with Gasteiger partial charge in [0.15, 0.2) is 0 Å². The van der Waals surface area contributed by atoms with Gasteiger partial charge in [0.05, 0.1) is 25.3 Å². The maximum absolute atomic E-state index is 13.9. The van der Waals surface area contributed by atoms with E-state index in [1.165, 1.54) is 79.8 Å². The summed E-state index contributed by atoms with van der Waals surface area (Å²) in [6, 6.07) is -6.90. The molecule has 7 N–H and O–H groups in total. The highest BCUT2D eigenvalue weighted by atomic mass is 16.5. The Labute approximate surface area is 407 Å². The molecule has 8 amide bonds. The van der Waals surface area contributed by atoms with Crippen LogP contribution in [0, 0.1) is 5.92 Å². The maximum Gasteiger partial charge on any atom is 0.289 e. The summed E-state index contributed by atoms with van der Waals surface area (Å²) in [4.78, 5) is 119. The fourth-order valence-corrected chi connectivity index (χ4v) is 7.09. The van der Waals surface area contributed by atoms with Crippen molar-refractivity contribution >= 4 is 53.0 Å². The molecule has 0 aromatic rings. The van der Waals surface area contributed by atoms with Crippen LogP contribution in [0.2, 0.25) is 0 Å². The normalized spacial score (nSPS) is 14.2. The number of rotatable bonds is 39. The summed E-state index contributed by atoms with van der Waals surface area (Å²) in [5.74, 6) is -6.24. The number of nitrogens with zero attached hydrogens (tertiary/aromatic N) is 1. The minimum Gasteiger partial charge on any atom is -0.379 e. The van der Waals surface area contributed by atoms with Gasteiger partial charge in [0.25, 0.3) is 5.91 Å². The standard InChI is InChI=1S/C49H90N8O11/c1-12-15-18-19-20-21-22-23-24-25-26-27-40(58)55-39(32-67-28-16-13-2)47(64)53-35(7)44(61)51-31-41(59)57(11)42(37(9)68-29-17-14-3)48(65)54-36(8)45(62)56-38(30-33(4)5)46(63)52-34(6)43(60)49(66)50-10/h33-39,42H,12-32H2,1-11H3,(H,50,66)(H,51,61)(H,52,63)(H,53,64)(H,54,65)(H,55,58)(H,56,62)/t34?,35-,36+,37?,38+,39-,42+/m1/s1. The molecule has 2 unspecified atom stereocenters. The number of hydrogen-bond donors (Lipinski definition) is 7. The SMILES string of the molecule is CCCCCCCCCCCCCC(=O)N[C@H](COCCCC)C(=O)N[C@H](C)C(=O)NCC(=O)N(C)[C@H](C(=O)N[C@@H](C)C(=O)N[C@@H](CC(C)C)C(=O)NC(C)C(=O)C(=O)NC)C(C)OCCCC. The van der Waals surface area contributed by atoms with E-state index in [0.29, 0.717) is 19.4 Å². The molecule has 0 fully saturated rings. The van der Waals surface area contributed by atoms with Gasteiger partial charge in [0, 0.05) is 33.7 Å². The fraction of sp³-hybridized carbons (Fsp3) is 0.816. The van der Waals surface area contributed by atoms with Crippen LogP contribution in [0.15, 0.2) is 0 Å². The van der Waals surface area contributed by atoms with E-state index in [9.17, 15) is 43.2 Å². The predicted molar refractivity (Wildman–Crippen MR) is 262 cm³/mol. The van der Waals surface area contributed by atoms with Crippen LogP contribution in [0.5, 0.6) is 0 Å². The summed E-state index contributed by atoms with van der Waals surface area (Å²) in [6.07, 6.45) is 15.3. The fourth-order valence-electron chi connectivity index (χ4n) is 7.09. The number of unbranched alkanes of at least 4 members (excludes halogenated alkanes) is 12. The molecule has 0 aliphatic heterocycles. The lowest BCUT2D eigenvalue weighted by molar-refractivity contribution is -0.145. The quantitative estimate of drug-likeness (QED) is 0.0347. The van der Waals surface area contributed by atoms with Crippen molar-refractivity contribution in [1.82, 2.24) is 42.1 Å². The number of nitrogens with one attached hydrogen (secondary N) is 7. The number of carbonyl (C=O) groups is 9. The lowest BCUT2D eigenvalue weighted by Gasteiger charge is -2.33. The summed E-state index contributed by atoms with van der Waals surface area (Å²) >= 11 is 0. The average molecular weight is 967 g/mol. The number of carbonyl (C=O) groups excluding carboxylic acids is 9. The molecule has 0 aliphatic carbocycles. The van der Waals surface area contributed by atoms with Crippen molar-refractivity contribution in [3.8, 4) is 0 Å². The molecule has 19 heteroatoms. The topological polar surface area (TPSA) is 260 Å². The summed E-state index contributed by atoms with van der Waals surface area (Å²) in [5, 5.41) is 17.8. The van der Waals surface area contributed by atoms with Gasteiger partial charge in [-0.15, -0.1) is 0 Å². The van der Waals surface area contributed by atoms with Crippen molar-refractivity contribution in [3.05, 3.63) is 0 Å². The van der Waals surface area contributed by atoms with Crippen molar-refractivity contribution < 1.29 is 52.6 Å². The van der Waals surface area contributed by atoms with E-state index in [2.05, 4.69) is 44.1 Å². The van der Waals surface area contributed by atoms with Crippen molar-refractivity contribution in [3.63, 3.8) is 0 Å². The zero-order chi connectivity index (χ0) is 51.6. The Kier molecular flexibility index (Phi) is 34.7. The molecule has 19 nitrogen and oxygen atoms in total. The molecule has 68 heavy (non-hydrogen) atoms. The van der Waals surface area contributed by atoms with Crippen LogP contribution >= 0.6 is 0 Å². The summed E-state index contributed by atoms with van der Waals surface area (Å²) in [7, 11) is 2.65. The van der Waals surface area contributed by atoms with Crippen LogP contribution in [-0.4, -0.2) is 141 Å². The Balaban J connectivity index is 5.63. The van der Waals surface area contributed by atoms with Gasteiger partial charge in [-0.2, -0.15) is 0 Å². The molecule has 0 aromatic carbocycles. The molecular formula is C49H90N8O11. The molecule has 0 saturated heterocycles. The zero-order valence-electron chi connectivity index (χ0n) is 43.4. The zero-order valence-corrected chi connectivity index (χ0v) is 43.4. The summed E-state index contributed by atoms with van der Waals surface area (Å²) in [6.45, 7) is 15.7. The molecular weight excluding hydrogens is 877 g/mol. The van der Waals surface area contributed by atoms with E-state index in [1.54, 1.807) is 6.92 Å². The van der Waals surface area contributed by atoms with Gasteiger partial charge in [0.1, 0.15) is 30.2 Å². The number of ether oxygens (including phenoxy) is 2. The number of Topliss-reactive ketones (excluding diaryl/α,β-unsaturated/α-hetero) is 1. The highest BCUT2D eigenvalue weighted by Gasteiger charge is 2.36. The molecule has 7 atom stereocenters. The second-order valence-electron chi connectivity index (χ2n) is 18.3. The number of likely N-dealkylation sites (N-methyl/N-ethyl adjacent to an activating group) is 2. The van der Waals surface area contributed by atoms with Crippen LogP contribution in [0.1, 0.15) is 171 Å². The summed E-state index contributed by atoms with van der Waals surface area (Å²) < 4.78 is 11.6. The van der Waals surface area contributed by atoms with Gasteiger partial charge in [-0.25, -0.2) is 0 Å². The van der Waals surface area contributed by atoms with Gasteiger partial charge in [0.2, 0.25) is 47.1 Å². The second kappa shape index (κ2) is 37.3. The minimum absolute atomic E-state index is 0.0703. The van der Waals surface area contributed by atoms with E-state index in [0.717, 1.165) is 43.4 Å². The van der Waals surface area contributed by atoms with Crippen LogP contribution < -0.4 is 37.2 Å². The second-order valence-corrected chi connectivity index (χ2v) is 18.3. The molecule has 0 aromatic heterocycles. The van der Waals surface area contributed by atoms with Gasteiger partial charge < -0.3 is 51.6 Å². The third-order valence-corrected chi connectivity index (χ3v) is 11.4. The first-order valence-electron chi connectivity index (χ1n) is 25.2. The Hall–Kier alpha value is -4.65. The van der Waals surface area contributed by atoms with Gasteiger partial charge in [-0.05, 0) is 59.3 Å². The van der Waals surface area contributed by atoms with E-state index >= 15 is 0 Å². The number of amides is 8. The lowest BCUT2D eigenvalue weighted by atomic mass is 10.0. The van der Waals surface area contributed by atoms with Crippen molar-refractivity contribution in [1.29, 1.82) is 0 Å². The van der Waals surface area contributed by atoms with Crippen LogP contribution in [0.3, 0.4) is 0 Å². The van der Waals surface area contributed by atoms with Crippen molar-refractivity contribution in [2.24, 2.45) is 5.92 Å². The van der Waals surface area contributed by atoms with Crippen LogP contribution in [-0.2, 0) is 52.6 Å². The Morgan fingerprint density at radius 3 is 1.59 bits per heavy atom. The molecule has 0 aliphatic rings. The lowest BCUT2D eigenvalue weighted by Crippen LogP contribution is -2.60. The van der Waals surface area contributed by atoms with E-state index in [-0.39, 0.29) is 37.9 Å². The smallest absolute Gasteiger partial charge is 0.289 e. The number of ketones is 1. The molecule has 0 rings (SSSR count). The Morgan fingerprint density at radius 1 is 0.529 bits per heavy atom. The van der Waals surface area contributed by atoms with Gasteiger partial charge in [-0.3, -0.25) is 43.2 Å². The molecule has 0 radical (unpaired) electrons. The first-order valence-corrected chi connectivity index (χ1v) is 25.2. The first-order chi connectivity index (χ1) is 32.2. The van der Waals surface area contributed by atoms with Gasteiger partial charge >= 0.3 is 0 Å². The molecule has 0 spiro atoms. The monoisotopic (exact) mass is 967 g/mol. The van der Waals surface area contributed by atoms with Crippen LogP contribution in [0.4, 0.5) is 0 Å². The van der Waals surface area contributed by atoms with E-state index in [1.807, 2.05) is 27.7 Å². The first kappa shape index (κ1) is 63.4. The van der Waals surface area contributed by atoms with Gasteiger partial charge in [-0.1, -0.05) is 112 Å². The highest BCUT2D eigenvalue weighted by molar-refractivity contribution is 6.38. The molecule has 0 saturated carbocycles. The largest absolute Gasteiger partial charge is 0.379 e. The van der Waals surface area contributed by atoms with Crippen molar-refractivity contribution in [2.75, 3.05) is 40.5 Å². The maximum atomic E-state index is 13.9. The summed E-state index contributed by atoms with van der Waals surface area (Å²) in [5.41, 5.74) is 0. The Morgan fingerprint density at radius 2 is 1.03 bits per heavy atom. The van der Waals surface area contributed by atoms with E-state index < -0.39 is 96.0 Å². The average Bonchev–Trinajstić information content (AvgIpc) is 3.29. The van der Waals surface area contributed by atoms with Crippen LogP contribution in [0.25, 0.3) is 0 Å². The molecule has 0 heterocycles. The third-order valence-electron chi connectivity index (χ3n) is 11.4. The number of hydrogen-bond acceptors (Lipinski definition) is 11. The molecule has 0 bridgehead atoms. The van der Waals surface area contributed by atoms with Crippen molar-refractivity contribution in [2.45, 2.75) is 214 Å². The highest BCUT2D eigenvalue weighted by Crippen LogP contribution is 2.13. The minimum atomic E-state index is -1.27.